The van der Waals surface area contributed by atoms with Crippen molar-refractivity contribution in [2.24, 2.45) is 10.8 Å². The highest BCUT2D eigenvalue weighted by Gasteiger charge is 2.36. The number of rotatable bonds is 3. The maximum Gasteiger partial charge on any atom is 0.0422 e. The Bertz CT molecular complexity index is 343. The van der Waals surface area contributed by atoms with E-state index in [0.717, 1.165) is 17.7 Å². The summed E-state index contributed by atoms with van der Waals surface area (Å²) in [6.45, 7) is 13.1. The van der Waals surface area contributed by atoms with E-state index in [1.165, 1.54) is 19.3 Å². The third-order valence-corrected chi connectivity index (χ3v) is 6.37. The number of thioether (sulfide) groups is 1. The van der Waals surface area contributed by atoms with Gasteiger partial charge in [0.2, 0.25) is 0 Å². The highest BCUT2D eigenvalue weighted by atomic mass is 32.2. The number of hydrogen-bond donors (Lipinski definition) is 2. The van der Waals surface area contributed by atoms with Gasteiger partial charge in [-0.15, -0.1) is 11.8 Å². The van der Waals surface area contributed by atoms with Gasteiger partial charge in [0.25, 0.3) is 0 Å². The second-order valence-corrected chi connectivity index (χ2v) is 9.33. The Kier molecular flexibility index (Phi) is 5.25. The Morgan fingerprint density at radius 1 is 1.15 bits per heavy atom. The molecule has 0 amide bonds. The van der Waals surface area contributed by atoms with Crippen LogP contribution in [0.4, 0.5) is 0 Å². The maximum absolute atomic E-state index is 3.73. The van der Waals surface area contributed by atoms with Gasteiger partial charge in [-0.2, -0.15) is 0 Å². The molecule has 3 atom stereocenters. The first-order chi connectivity index (χ1) is 9.29. The highest BCUT2D eigenvalue weighted by Crippen LogP contribution is 2.39. The van der Waals surface area contributed by atoms with E-state index in [4.69, 9.17) is 0 Å². The molecule has 2 aliphatic heterocycles. The van der Waals surface area contributed by atoms with E-state index < -0.39 is 0 Å². The summed E-state index contributed by atoms with van der Waals surface area (Å²) >= 11 is 2.09. The molecular weight excluding hydrogens is 264 g/mol. The van der Waals surface area contributed by atoms with Crippen LogP contribution in [0.5, 0.6) is 0 Å². The predicted octanol–water partition coefficient (Wildman–Crippen LogP) is 3.79. The van der Waals surface area contributed by atoms with Crippen molar-refractivity contribution in [2.45, 2.75) is 71.2 Å². The van der Waals surface area contributed by atoms with E-state index in [1.54, 1.807) is 0 Å². The SMILES string of the molecule is CC(C)(C)C1CC(CC(C)(C)C2C=CCCN2)NCS1. The molecule has 2 aliphatic rings. The quantitative estimate of drug-likeness (QED) is 0.775. The van der Waals surface area contributed by atoms with Gasteiger partial charge in [-0.1, -0.05) is 46.8 Å². The Balaban J connectivity index is 1.94. The molecule has 0 saturated carbocycles. The molecule has 2 rings (SSSR count). The summed E-state index contributed by atoms with van der Waals surface area (Å²) < 4.78 is 0. The molecule has 0 spiro atoms. The molecule has 1 saturated heterocycles. The summed E-state index contributed by atoms with van der Waals surface area (Å²) in [5, 5.41) is 8.18. The molecule has 0 aliphatic carbocycles. The van der Waals surface area contributed by atoms with Crippen LogP contribution in [0.1, 0.15) is 53.9 Å². The maximum atomic E-state index is 3.73. The Hall–Kier alpha value is 0.0100. The minimum Gasteiger partial charge on any atom is -0.310 e. The fraction of sp³-hybridized carbons (Fsp3) is 0.882. The molecule has 3 unspecified atom stereocenters. The van der Waals surface area contributed by atoms with Gasteiger partial charge in [-0.05, 0) is 36.6 Å². The smallest absolute Gasteiger partial charge is 0.0422 e. The normalized spacial score (nSPS) is 32.4. The van der Waals surface area contributed by atoms with E-state index in [2.05, 4.69) is 69.2 Å². The van der Waals surface area contributed by atoms with Crippen LogP contribution in [0.3, 0.4) is 0 Å². The van der Waals surface area contributed by atoms with E-state index in [0.29, 0.717) is 22.9 Å². The van der Waals surface area contributed by atoms with Gasteiger partial charge in [0.15, 0.2) is 0 Å². The lowest BCUT2D eigenvalue weighted by Gasteiger charge is -2.42. The molecule has 0 radical (unpaired) electrons. The summed E-state index contributed by atoms with van der Waals surface area (Å²) in [6, 6.07) is 1.19. The zero-order valence-electron chi connectivity index (χ0n) is 13.8. The van der Waals surface area contributed by atoms with Crippen molar-refractivity contribution in [3.8, 4) is 0 Å². The van der Waals surface area contributed by atoms with Crippen LogP contribution in [0.25, 0.3) is 0 Å². The van der Waals surface area contributed by atoms with Crippen LogP contribution in [0.2, 0.25) is 0 Å². The number of hydrogen-bond acceptors (Lipinski definition) is 3. The molecule has 2 N–H and O–H groups in total. The summed E-state index contributed by atoms with van der Waals surface area (Å²) in [5.41, 5.74) is 0.733. The van der Waals surface area contributed by atoms with Crippen LogP contribution in [0, 0.1) is 10.8 Å². The van der Waals surface area contributed by atoms with E-state index >= 15 is 0 Å². The van der Waals surface area contributed by atoms with E-state index in [9.17, 15) is 0 Å². The molecule has 20 heavy (non-hydrogen) atoms. The number of nitrogens with one attached hydrogen (secondary N) is 2. The summed E-state index contributed by atoms with van der Waals surface area (Å²) in [5.74, 6) is 1.11. The fourth-order valence-corrected chi connectivity index (χ4v) is 4.76. The zero-order chi connectivity index (χ0) is 14.8. The summed E-state index contributed by atoms with van der Waals surface area (Å²) in [6.07, 6.45) is 8.44. The van der Waals surface area contributed by atoms with Crippen molar-refractivity contribution in [1.82, 2.24) is 10.6 Å². The van der Waals surface area contributed by atoms with Crippen molar-refractivity contribution in [3.63, 3.8) is 0 Å². The minimum absolute atomic E-state index is 0.318. The van der Waals surface area contributed by atoms with E-state index in [1.807, 2.05) is 0 Å². The van der Waals surface area contributed by atoms with Crippen LogP contribution in [-0.2, 0) is 0 Å². The Labute approximate surface area is 129 Å². The molecule has 0 aromatic heterocycles. The van der Waals surface area contributed by atoms with Crippen LogP contribution < -0.4 is 10.6 Å². The van der Waals surface area contributed by atoms with Gasteiger partial charge < -0.3 is 10.6 Å². The Morgan fingerprint density at radius 2 is 1.90 bits per heavy atom. The average Bonchev–Trinajstić information content (AvgIpc) is 2.38. The van der Waals surface area contributed by atoms with Crippen molar-refractivity contribution < 1.29 is 0 Å². The lowest BCUT2D eigenvalue weighted by atomic mass is 9.75. The molecule has 0 aromatic carbocycles. The molecule has 0 bridgehead atoms. The van der Waals surface area contributed by atoms with Gasteiger partial charge in [-0.3, -0.25) is 0 Å². The molecule has 116 valence electrons. The topological polar surface area (TPSA) is 24.1 Å². The first-order valence-corrected chi connectivity index (χ1v) is 9.09. The third kappa shape index (κ3) is 4.25. The zero-order valence-corrected chi connectivity index (χ0v) is 14.6. The fourth-order valence-electron chi connectivity index (χ4n) is 3.36. The van der Waals surface area contributed by atoms with E-state index in [-0.39, 0.29) is 0 Å². The summed E-state index contributed by atoms with van der Waals surface area (Å²) in [4.78, 5) is 0. The molecular formula is C17H32N2S. The van der Waals surface area contributed by atoms with Gasteiger partial charge >= 0.3 is 0 Å². The van der Waals surface area contributed by atoms with Crippen LogP contribution >= 0.6 is 11.8 Å². The average molecular weight is 297 g/mol. The van der Waals surface area contributed by atoms with Gasteiger partial charge in [0, 0.05) is 23.2 Å². The lowest BCUT2D eigenvalue weighted by Crippen LogP contribution is -2.49. The van der Waals surface area contributed by atoms with Gasteiger partial charge in [-0.25, -0.2) is 0 Å². The van der Waals surface area contributed by atoms with Gasteiger partial charge in [0.1, 0.15) is 0 Å². The molecule has 3 heteroatoms. The van der Waals surface area contributed by atoms with Crippen LogP contribution in [0.15, 0.2) is 12.2 Å². The predicted molar refractivity (Wildman–Crippen MR) is 91.2 cm³/mol. The van der Waals surface area contributed by atoms with Crippen molar-refractivity contribution in [3.05, 3.63) is 12.2 Å². The first kappa shape index (κ1) is 16.4. The Morgan fingerprint density at radius 3 is 2.50 bits per heavy atom. The van der Waals surface area contributed by atoms with Crippen molar-refractivity contribution in [1.29, 1.82) is 0 Å². The van der Waals surface area contributed by atoms with Gasteiger partial charge in [0.05, 0.1) is 0 Å². The molecule has 1 fully saturated rings. The lowest BCUT2D eigenvalue weighted by molar-refractivity contribution is 0.209. The minimum atomic E-state index is 0.318. The second kappa shape index (κ2) is 6.41. The molecule has 0 aromatic rings. The molecule has 2 nitrogen and oxygen atoms in total. The highest BCUT2D eigenvalue weighted by molar-refractivity contribution is 7.99. The van der Waals surface area contributed by atoms with Crippen LogP contribution in [-0.4, -0.2) is 29.8 Å². The summed E-state index contributed by atoms with van der Waals surface area (Å²) in [7, 11) is 0. The third-order valence-electron chi connectivity index (χ3n) is 4.74. The standard InChI is InChI=1S/C17H32N2S/c1-16(2,3)15-10-13(19-12-20-15)11-17(4,5)14-8-6-7-9-18-14/h6,8,13-15,18-19H,7,9-12H2,1-5H3. The first-order valence-electron chi connectivity index (χ1n) is 8.04. The second-order valence-electron chi connectivity index (χ2n) is 8.14. The van der Waals surface area contributed by atoms with Crippen molar-refractivity contribution in [2.75, 3.05) is 12.4 Å². The largest absolute Gasteiger partial charge is 0.310 e. The van der Waals surface area contributed by atoms with Crippen molar-refractivity contribution >= 4 is 11.8 Å². The monoisotopic (exact) mass is 296 g/mol. The molecule has 2 heterocycles.